The van der Waals surface area contributed by atoms with E-state index in [1.54, 1.807) is 30.3 Å². The van der Waals surface area contributed by atoms with E-state index in [4.69, 9.17) is 0 Å². The molecule has 0 fully saturated rings. The number of aromatic amines is 1. The summed E-state index contributed by atoms with van der Waals surface area (Å²) in [5.74, 6) is 0.937. The van der Waals surface area contributed by atoms with Gasteiger partial charge in [-0.25, -0.2) is 9.78 Å². The molecule has 6 nitrogen and oxygen atoms in total. The second kappa shape index (κ2) is 8.23. The molecule has 3 rings (SSSR count). The first-order valence-electron chi connectivity index (χ1n) is 8.74. The van der Waals surface area contributed by atoms with E-state index < -0.39 is 5.69 Å². The Labute approximate surface area is 160 Å². The number of hydrogen-bond donors (Lipinski definition) is 1. The third-order valence-corrected chi connectivity index (χ3v) is 5.07. The number of nitrogens with one attached hydrogen (secondary N) is 1. The molecular formula is C20H20N4O2S. The van der Waals surface area contributed by atoms with E-state index in [9.17, 15) is 14.9 Å². The highest BCUT2D eigenvalue weighted by atomic mass is 32.2. The Kier molecular flexibility index (Phi) is 5.77. The van der Waals surface area contributed by atoms with Gasteiger partial charge in [0.2, 0.25) is 0 Å². The number of hydrogen-bond acceptors (Lipinski definition) is 5. The number of rotatable bonds is 6. The maximum atomic E-state index is 12.6. The molecule has 0 aliphatic carbocycles. The van der Waals surface area contributed by atoms with Gasteiger partial charge in [0.25, 0.3) is 5.56 Å². The van der Waals surface area contributed by atoms with E-state index in [-0.39, 0.29) is 12.1 Å². The van der Waals surface area contributed by atoms with Crippen LogP contribution in [0.5, 0.6) is 0 Å². The van der Waals surface area contributed by atoms with Crippen LogP contribution in [-0.4, -0.2) is 20.3 Å². The van der Waals surface area contributed by atoms with E-state index in [0.717, 1.165) is 12.1 Å². The van der Waals surface area contributed by atoms with Gasteiger partial charge in [-0.05, 0) is 36.6 Å². The van der Waals surface area contributed by atoms with Crippen molar-refractivity contribution in [2.24, 2.45) is 5.92 Å². The summed E-state index contributed by atoms with van der Waals surface area (Å²) in [6.45, 7) is 4.47. The van der Waals surface area contributed by atoms with Crippen LogP contribution >= 0.6 is 11.8 Å². The first-order valence-corrected chi connectivity index (χ1v) is 9.73. The molecule has 3 aromatic rings. The van der Waals surface area contributed by atoms with Gasteiger partial charge in [0, 0.05) is 18.0 Å². The Bertz CT molecular complexity index is 1130. The molecule has 0 saturated heterocycles. The van der Waals surface area contributed by atoms with Gasteiger partial charge in [-0.3, -0.25) is 9.36 Å². The van der Waals surface area contributed by atoms with Crippen molar-refractivity contribution >= 4 is 22.7 Å². The minimum atomic E-state index is -0.429. The molecule has 0 saturated carbocycles. The summed E-state index contributed by atoms with van der Waals surface area (Å²) in [5.41, 5.74) is 1.24. The number of nitrogens with zero attached hydrogens (tertiary/aromatic N) is 3. The molecule has 27 heavy (non-hydrogen) atoms. The second-order valence-electron chi connectivity index (χ2n) is 6.65. The Morgan fingerprint density at radius 3 is 2.74 bits per heavy atom. The molecule has 0 bridgehead atoms. The number of H-pyrrole nitrogens is 1. The third kappa shape index (κ3) is 4.29. The lowest BCUT2D eigenvalue weighted by Crippen LogP contribution is -2.35. The minimum Gasteiger partial charge on any atom is -0.307 e. The Hall–Kier alpha value is -2.85. The van der Waals surface area contributed by atoms with Gasteiger partial charge in [0.05, 0.1) is 16.5 Å². The smallest absolute Gasteiger partial charge is 0.307 e. The lowest BCUT2D eigenvalue weighted by atomic mass is 10.1. The van der Waals surface area contributed by atoms with Gasteiger partial charge in [0.15, 0.2) is 0 Å². The number of fused-ring (bicyclic) bond motifs is 1. The van der Waals surface area contributed by atoms with Gasteiger partial charge < -0.3 is 4.98 Å². The molecule has 138 valence electrons. The Balaban J connectivity index is 1.81. The average Bonchev–Trinajstić information content (AvgIpc) is 2.64. The van der Waals surface area contributed by atoms with Crippen molar-refractivity contribution in [3.63, 3.8) is 0 Å². The highest BCUT2D eigenvalue weighted by molar-refractivity contribution is 7.99. The topological polar surface area (TPSA) is 91.5 Å². The van der Waals surface area contributed by atoms with Crippen LogP contribution in [0.15, 0.2) is 51.0 Å². The first-order chi connectivity index (χ1) is 13.0. The first kappa shape index (κ1) is 18.9. The standard InChI is InChI=1S/C20H20N4O2S/c1-13(2)11-15-8-7-14(12-21)18(22-15)27-10-9-24-19(25)16-5-3-4-6-17(16)23-20(24)26/h3-8,13H,9-11H2,1-2H3,(H,23,26). The van der Waals surface area contributed by atoms with Crippen molar-refractivity contribution in [2.75, 3.05) is 5.75 Å². The van der Waals surface area contributed by atoms with Crippen molar-refractivity contribution < 1.29 is 0 Å². The quantitative estimate of drug-likeness (QED) is 0.664. The maximum absolute atomic E-state index is 12.6. The van der Waals surface area contributed by atoms with Gasteiger partial charge in [-0.2, -0.15) is 5.26 Å². The normalized spacial score (nSPS) is 11.0. The van der Waals surface area contributed by atoms with E-state index >= 15 is 0 Å². The van der Waals surface area contributed by atoms with Crippen LogP contribution in [0.4, 0.5) is 0 Å². The van der Waals surface area contributed by atoms with Crippen molar-refractivity contribution in [2.45, 2.75) is 31.8 Å². The molecule has 0 unspecified atom stereocenters. The molecule has 2 aromatic heterocycles. The SMILES string of the molecule is CC(C)Cc1ccc(C#N)c(SCCn2c(=O)[nH]c3ccccc3c2=O)n1. The third-order valence-electron chi connectivity index (χ3n) is 4.10. The van der Waals surface area contributed by atoms with Crippen LogP contribution in [0.2, 0.25) is 0 Å². The van der Waals surface area contributed by atoms with Gasteiger partial charge in [-0.15, -0.1) is 11.8 Å². The number of aromatic nitrogens is 3. The molecule has 0 aliphatic heterocycles. The number of thioether (sulfide) groups is 1. The summed E-state index contributed by atoms with van der Waals surface area (Å²) >= 11 is 1.38. The minimum absolute atomic E-state index is 0.241. The van der Waals surface area contributed by atoms with Gasteiger partial charge >= 0.3 is 5.69 Å². The molecule has 0 amide bonds. The highest BCUT2D eigenvalue weighted by Crippen LogP contribution is 2.21. The van der Waals surface area contributed by atoms with Crippen molar-refractivity contribution in [1.82, 2.24) is 14.5 Å². The largest absolute Gasteiger partial charge is 0.328 e. The summed E-state index contributed by atoms with van der Waals surface area (Å²) in [5, 5.41) is 10.4. The van der Waals surface area contributed by atoms with Crippen LogP contribution in [0.25, 0.3) is 10.9 Å². The van der Waals surface area contributed by atoms with Crippen LogP contribution < -0.4 is 11.2 Å². The fourth-order valence-electron chi connectivity index (χ4n) is 2.84. The van der Waals surface area contributed by atoms with E-state index in [0.29, 0.717) is 33.2 Å². The average molecular weight is 380 g/mol. The van der Waals surface area contributed by atoms with E-state index in [2.05, 4.69) is 29.9 Å². The van der Waals surface area contributed by atoms with Crippen molar-refractivity contribution in [1.29, 1.82) is 5.26 Å². The molecular weight excluding hydrogens is 360 g/mol. The number of pyridine rings is 1. The summed E-state index contributed by atoms with van der Waals surface area (Å²) in [6, 6.07) is 12.8. The molecule has 0 atom stereocenters. The van der Waals surface area contributed by atoms with E-state index in [1.807, 2.05) is 6.07 Å². The zero-order valence-corrected chi connectivity index (χ0v) is 16.0. The van der Waals surface area contributed by atoms with Crippen molar-refractivity contribution in [3.8, 4) is 6.07 Å². The number of benzene rings is 1. The molecule has 1 N–H and O–H groups in total. The molecule has 1 aromatic carbocycles. The lowest BCUT2D eigenvalue weighted by molar-refractivity contribution is 0.631. The van der Waals surface area contributed by atoms with Crippen molar-refractivity contribution in [3.05, 3.63) is 68.5 Å². The summed E-state index contributed by atoms with van der Waals surface area (Å²) in [7, 11) is 0. The second-order valence-corrected chi connectivity index (χ2v) is 7.73. The predicted octanol–water partition coefficient (Wildman–Crippen LogP) is 2.95. The lowest BCUT2D eigenvalue weighted by Gasteiger charge is -2.09. The van der Waals surface area contributed by atoms with Crippen LogP contribution in [-0.2, 0) is 13.0 Å². The molecule has 0 radical (unpaired) electrons. The van der Waals surface area contributed by atoms with Crippen LogP contribution in [0, 0.1) is 17.2 Å². The summed E-state index contributed by atoms with van der Waals surface area (Å²) < 4.78 is 1.19. The Morgan fingerprint density at radius 2 is 2.00 bits per heavy atom. The van der Waals surface area contributed by atoms with E-state index in [1.165, 1.54) is 16.3 Å². The fraction of sp³-hybridized carbons (Fsp3) is 0.300. The fourth-order valence-corrected chi connectivity index (χ4v) is 3.76. The molecule has 2 heterocycles. The summed E-state index contributed by atoms with van der Waals surface area (Å²) in [4.78, 5) is 32.1. The zero-order chi connectivity index (χ0) is 19.4. The maximum Gasteiger partial charge on any atom is 0.328 e. The Morgan fingerprint density at radius 1 is 1.22 bits per heavy atom. The zero-order valence-electron chi connectivity index (χ0n) is 15.2. The summed E-state index contributed by atoms with van der Waals surface area (Å²) in [6.07, 6.45) is 0.836. The van der Waals surface area contributed by atoms with Gasteiger partial charge in [-0.1, -0.05) is 26.0 Å². The molecule has 0 spiro atoms. The molecule has 0 aliphatic rings. The van der Waals surface area contributed by atoms with Crippen LogP contribution in [0.1, 0.15) is 25.1 Å². The predicted molar refractivity (Wildman–Crippen MR) is 107 cm³/mol. The molecule has 7 heteroatoms. The highest BCUT2D eigenvalue weighted by Gasteiger charge is 2.10. The van der Waals surface area contributed by atoms with Gasteiger partial charge in [0.1, 0.15) is 11.1 Å². The van der Waals surface area contributed by atoms with Crippen LogP contribution in [0.3, 0.4) is 0 Å². The number of nitriles is 1. The number of para-hydroxylation sites is 1. The monoisotopic (exact) mass is 380 g/mol.